The van der Waals surface area contributed by atoms with Gasteiger partial charge in [-0.05, 0) is 18.9 Å². The monoisotopic (exact) mass is 264 g/mol. The highest BCUT2D eigenvalue weighted by molar-refractivity contribution is 5.72. The number of esters is 1. The second-order valence-electron chi connectivity index (χ2n) is 4.96. The fourth-order valence-corrected chi connectivity index (χ4v) is 1.88. The number of rotatable bonds is 7. The minimum Gasteiger partial charge on any atom is -0.496 e. The normalized spacial score (nSPS) is 12.3. The molecule has 0 aliphatic heterocycles. The van der Waals surface area contributed by atoms with E-state index >= 15 is 0 Å². The van der Waals surface area contributed by atoms with Gasteiger partial charge in [0.15, 0.2) is 0 Å². The number of methoxy groups -OCH3 is 1. The molecule has 3 heteroatoms. The summed E-state index contributed by atoms with van der Waals surface area (Å²) in [6.07, 6.45) is 2.71. The predicted molar refractivity (Wildman–Crippen MR) is 76.2 cm³/mol. The SMILES string of the molecule is CCCC[C@@H](OC(=O)C(C)C)c1ccccc1OC. The third-order valence-corrected chi connectivity index (χ3v) is 3.04. The predicted octanol–water partition coefficient (Wildman–Crippen LogP) is 4.13. The molecule has 19 heavy (non-hydrogen) atoms. The van der Waals surface area contributed by atoms with Crippen LogP contribution in [-0.4, -0.2) is 13.1 Å². The van der Waals surface area contributed by atoms with Gasteiger partial charge in [-0.25, -0.2) is 0 Å². The summed E-state index contributed by atoms with van der Waals surface area (Å²) in [5, 5.41) is 0. The van der Waals surface area contributed by atoms with Crippen molar-refractivity contribution in [3.63, 3.8) is 0 Å². The minimum atomic E-state index is -0.217. The lowest BCUT2D eigenvalue weighted by atomic mass is 10.0. The summed E-state index contributed by atoms with van der Waals surface area (Å²) < 4.78 is 11.0. The molecule has 0 unspecified atom stereocenters. The molecular weight excluding hydrogens is 240 g/mol. The van der Waals surface area contributed by atoms with Crippen molar-refractivity contribution in [2.75, 3.05) is 7.11 Å². The summed E-state index contributed by atoms with van der Waals surface area (Å²) in [5.74, 6) is 0.506. The van der Waals surface area contributed by atoms with Crippen molar-refractivity contribution in [1.82, 2.24) is 0 Å². The zero-order chi connectivity index (χ0) is 14.3. The fourth-order valence-electron chi connectivity index (χ4n) is 1.88. The van der Waals surface area contributed by atoms with E-state index in [4.69, 9.17) is 9.47 Å². The van der Waals surface area contributed by atoms with Crippen LogP contribution in [0.25, 0.3) is 0 Å². The van der Waals surface area contributed by atoms with Gasteiger partial charge in [0.05, 0.1) is 13.0 Å². The van der Waals surface area contributed by atoms with E-state index in [0.29, 0.717) is 0 Å². The molecule has 0 saturated carbocycles. The van der Waals surface area contributed by atoms with Crippen LogP contribution in [-0.2, 0) is 9.53 Å². The summed E-state index contributed by atoms with van der Waals surface area (Å²) in [6, 6.07) is 7.73. The van der Waals surface area contributed by atoms with Crippen LogP contribution >= 0.6 is 0 Å². The lowest BCUT2D eigenvalue weighted by Gasteiger charge is -2.21. The Morgan fingerprint density at radius 2 is 1.95 bits per heavy atom. The van der Waals surface area contributed by atoms with E-state index in [1.165, 1.54) is 0 Å². The Morgan fingerprint density at radius 3 is 2.53 bits per heavy atom. The third kappa shape index (κ3) is 4.58. The van der Waals surface area contributed by atoms with E-state index in [-0.39, 0.29) is 18.0 Å². The summed E-state index contributed by atoms with van der Waals surface area (Å²) >= 11 is 0. The molecule has 0 N–H and O–H groups in total. The minimum absolute atomic E-state index is 0.112. The van der Waals surface area contributed by atoms with Gasteiger partial charge in [-0.3, -0.25) is 4.79 Å². The molecule has 0 heterocycles. The molecule has 0 saturated heterocycles. The highest BCUT2D eigenvalue weighted by Crippen LogP contribution is 2.31. The first-order chi connectivity index (χ1) is 9.10. The lowest BCUT2D eigenvalue weighted by Crippen LogP contribution is -2.16. The molecule has 0 bridgehead atoms. The summed E-state index contributed by atoms with van der Waals surface area (Å²) in [6.45, 7) is 5.83. The van der Waals surface area contributed by atoms with Gasteiger partial charge in [-0.15, -0.1) is 0 Å². The van der Waals surface area contributed by atoms with Crippen molar-refractivity contribution in [2.45, 2.75) is 46.1 Å². The molecule has 0 aromatic heterocycles. The van der Waals surface area contributed by atoms with Crippen LogP contribution < -0.4 is 4.74 Å². The van der Waals surface area contributed by atoms with Gasteiger partial charge in [0, 0.05) is 5.56 Å². The van der Waals surface area contributed by atoms with E-state index in [2.05, 4.69) is 6.92 Å². The second kappa shape index (κ2) is 7.82. The van der Waals surface area contributed by atoms with Gasteiger partial charge < -0.3 is 9.47 Å². The summed E-state index contributed by atoms with van der Waals surface area (Å²) in [4.78, 5) is 11.8. The number of benzene rings is 1. The molecular formula is C16H24O3. The highest BCUT2D eigenvalue weighted by atomic mass is 16.5. The molecule has 3 nitrogen and oxygen atoms in total. The van der Waals surface area contributed by atoms with E-state index < -0.39 is 0 Å². The van der Waals surface area contributed by atoms with Gasteiger partial charge in [-0.1, -0.05) is 45.4 Å². The van der Waals surface area contributed by atoms with E-state index in [1.54, 1.807) is 7.11 Å². The molecule has 1 aromatic rings. The van der Waals surface area contributed by atoms with Gasteiger partial charge in [0.25, 0.3) is 0 Å². The maximum atomic E-state index is 11.8. The quantitative estimate of drug-likeness (QED) is 0.695. The zero-order valence-electron chi connectivity index (χ0n) is 12.3. The van der Waals surface area contributed by atoms with Crippen LogP contribution in [0.1, 0.15) is 51.7 Å². The van der Waals surface area contributed by atoms with Crippen molar-refractivity contribution < 1.29 is 14.3 Å². The van der Waals surface area contributed by atoms with Crippen LogP contribution in [0, 0.1) is 5.92 Å². The largest absolute Gasteiger partial charge is 0.496 e. The first-order valence-electron chi connectivity index (χ1n) is 6.93. The number of carbonyl (C=O) groups is 1. The lowest BCUT2D eigenvalue weighted by molar-refractivity contribution is -0.153. The van der Waals surface area contributed by atoms with Gasteiger partial charge in [-0.2, -0.15) is 0 Å². The van der Waals surface area contributed by atoms with Crippen LogP contribution in [0.3, 0.4) is 0 Å². The smallest absolute Gasteiger partial charge is 0.308 e. The Kier molecular flexibility index (Phi) is 6.40. The van der Waals surface area contributed by atoms with Crippen molar-refractivity contribution >= 4 is 5.97 Å². The number of hydrogen-bond acceptors (Lipinski definition) is 3. The standard InChI is InChI=1S/C16H24O3/c1-5-6-10-15(19-16(17)12(2)3)13-9-7-8-11-14(13)18-4/h7-9,11-12,15H,5-6,10H2,1-4H3/t15-/m1/s1. The van der Waals surface area contributed by atoms with Crippen LogP contribution in [0.4, 0.5) is 0 Å². The number of hydrogen-bond donors (Lipinski definition) is 0. The van der Waals surface area contributed by atoms with E-state index in [1.807, 2.05) is 38.1 Å². The molecule has 0 amide bonds. The maximum absolute atomic E-state index is 11.8. The Labute approximate surface area is 115 Å². The molecule has 0 spiro atoms. The van der Waals surface area contributed by atoms with E-state index in [0.717, 1.165) is 30.6 Å². The molecule has 0 fully saturated rings. The number of ether oxygens (including phenoxy) is 2. The van der Waals surface area contributed by atoms with Gasteiger partial charge in [0.2, 0.25) is 0 Å². The Balaban J connectivity index is 2.91. The van der Waals surface area contributed by atoms with Crippen LogP contribution in [0.15, 0.2) is 24.3 Å². The van der Waals surface area contributed by atoms with Crippen LogP contribution in [0.5, 0.6) is 5.75 Å². The summed E-state index contributed by atoms with van der Waals surface area (Å²) in [5.41, 5.74) is 0.951. The Hall–Kier alpha value is -1.51. The average molecular weight is 264 g/mol. The fraction of sp³-hybridized carbons (Fsp3) is 0.562. The summed E-state index contributed by atoms with van der Waals surface area (Å²) in [7, 11) is 1.64. The van der Waals surface area contributed by atoms with Gasteiger partial charge >= 0.3 is 5.97 Å². The van der Waals surface area contributed by atoms with Crippen molar-refractivity contribution in [3.05, 3.63) is 29.8 Å². The number of carbonyl (C=O) groups excluding carboxylic acids is 1. The molecule has 1 aromatic carbocycles. The number of para-hydroxylation sites is 1. The molecule has 0 aliphatic rings. The average Bonchev–Trinajstić information content (AvgIpc) is 2.43. The van der Waals surface area contributed by atoms with Crippen LogP contribution in [0.2, 0.25) is 0 Å². The third-order valence-electron chi connectivity index (χ3n) is 3.04. The Bertz CT molecular complexity index is 399. The molecule has 0 radical (unpaired) electrons. The highest BCUT2D eigenvalue weighted by Gasteiger charge is 2.21. The van der Waals surface area contributed by atoms with Crippen molar-refractivity contribution in [2.24, 2.45) is 5.92 Å². The zero-order valence-corrected chi connectivity index (χ0v) is 12.3. The van der Waals surface area contributed by atoms with Gasteiger partial charge in [0.1, 0.15) is 11.9 Å². The molecule has 106 valence electrons. The Morgan fingerprint density at radius 1 is 1.26 bits per heavy atom. The first kappa shape index (κ1) is 15.5. The second-order valence-corrected chi connectivity index (χ2v) is 4.96. The first-order valence-corrected chi connectivity index (χ1v) is 6.93. The number of unbranched alkanes of at least 4 members (excludes halogenated alkanes) is 1. The maximum Gasteiger partial charge on any atom is 0.308 e. The van der Waals surface area contributed by atoms with E-state index in [9.17, 15) is 4.79 Å². The van der Waals surface area contributed by atoms with Crippen molar-refractivity contribution in [1.29, 1.82) is 0 Å². The molecule has 0 aliphatic carbocycles. The topological polar surface area (TPSA) is 35.5 Å². The molecule has 1 rings (SSSR count). The molecule has 1 atom stereocenters. The van der Waals surface area contributed by atoms with Crippen molar-refractivity contribution in [3.8, 4) is 5.75 Å².